The number of pyridine rings is 1. The Morgan fingerprint density at radius 2 is 1.86 bits per heavy atom. The quantitative estimate of drug-likeness (QED) is 0.713. The summed E-state index contributed by atoms with van der Waals surface area (Å²) in [6, 6.07) is 14.4. The Balaban J connectivity index is 1.76. The summed E-state index contributed by atoms with van der Waals surface area (Å²) in [5.74, 6) is 1.14. The van der Waals surface area contributed by atoms with Crippen LogP contribution in [0.1, 0.15) is 5.56 Å². The molecule has 3 nitrogen and oxygen atoms in total. The number of fused-ring (bicyclic) bond motifs is 1. The molecule has 1 aromatic heterocycles. The van der Waals surface area contributed by atoms with E-state index in [0.29, 0.717) is 29.7 Å². The molecule has 0 atom stereocenters. The van der Waals surface area contributed by atoms with Gasteiger partial charge in [-0.15, -0.1) is 0 Å². The molecule has 4 heteroatoms. The Morgan fingerprint density at radius 3 is 2.73 bits per heavy atom. The van der Waals surface area contributed by atoms with Crippen molar-refractivity contribution in [2.45, 2.75) is 6.42 Å². The molecule has 0 spiro atoms. The first-order valence-electron chi connectivity index (χ1n) is 7.07. The van der Waals surface area contributed by atoms with Crippen molar-refractivity contribution < 1.29 is 13.9 Å². The van der Waals surface area contributed by atoms with Crippen LogP contribution in [0.5, 0.6) is 11.5 Å². The molecule has 3 rings (SSSR count). The fourth-order valence-electron chi connectivity index (χ4n) is 2.42. The van der Waals surface area contributed by atoms with Crippen molar-refractivity contribution in [1.82, 2.24) is 4.98 Å². The number of para-hydroxylation sites is 2. The van der Waals surface area contributed by atoms with Gasteiger partial charge in [0.1, 0.15) is 22.8 Å². The number of ether oxygens (including phenoxy) is 2. The zero-order valence-electron chi connectivity index (χ0n) is 12.3. The fourth-order valence-corrected chi connectivity index (χ4v) is 2.42. The molecule has 112 valence electrons. The van der Waals surface area contributed by atoms with E-state index in [-0.39, 0.29) is 5.82 Å². The van der Waals surface area contributed by atoms with Crippen LogP contribution in [0.2, 0.25) is 0 Å². The first-order chi connectivity index (χ1) is 10.8. The van der Waals surface area contributed by atoms with Gasteiger partial charge in [0.05, 0.1) is 13.7 Å². The molecule has 0 radical (unpaired) electrons. The molecule has 0 unspecified atom stereocenters. The van der Waals surface area contributed by atoms with Crippen LogP contribution in [0, 0.1) is 5.82 Å². The highest BCUT2D eigenvalue weighted by molar-refractivity contribution is 5.85. The van der Waals surface area contributed by atoms with E-state index < -0.39 is 0 Å². The first-order valence-corrected chi connectivity index (χ1v) is 7.07. The van der Waals surface area contributed by atoms with Gasteiger partial charge in [0.25, 0.3) is 0 Å². The number of methoxy groups -OCH3 is 1. The largest absolute Gasteiger partial charge is 0.496 e. The number of hydrogen-bond donors (Lipinski definition) is 0. The predicted octanol–water partition coefficient (Wildman–Crippen LogP) is 4.00. The highest BCUT2D eigenvalue weighted by atomic mass is 19.1. The molecule has 0 N–H and O–H groups in total. The summed E-state index contributed by atoms with van der Waals surface area (Å²) in [5, 5.41) is 0.683. The molecular weight excluding hydrogens is 281 g/mol. The van der Waals surface area contributed by atoms with Crippen LogP contribution in [-0.2, 0) is 6.42 Å². The van der Waals surface area contributed by atoms with Gasteiger partial charge < -0.3 is 9.47 Å². The Bertz CT molecular complexity index is 789. The topological polar surface area (TPSA) is 31.4 Å². The summed E-state index contributed by atoms with van der Waals surface area (Å²) >= 11 is 0. The minimum absolute atomic E-state index is 0.331. The van der Waals surface area contributed by atoms with E-state index in [0.717, 1.165) is 11.3 Å². The van der Waals surface area contributed by atoms with Crippen LogP contribution < -0.4 is 9.47 Å². The summed E-state index contributed by atoms with van der Waals surface area (Å²) in [6.45, 7) is 0.482. The highest BCUT2D eigenvalue weighted by Gasteiger charge is 2.07. The second kappa shape index (κ2) is 6.43. The summed E-state index contributed by atoms with van der Waals surface area (Å²) in [7, 11) is 1.65. The van der Waals surface area contributed by atoms with Crippen molar-refractivity contribution in [3.8, 4) is 11.5 Å². The summed E-state index contributed by atoms with van der Waals surface area (Å²) in [5.41, 5.74) is 1.41. The first kappa shape index (κ1) is 14.3. The number of halogens is 1. The third kappa shape index (κ3) is 2.86. The Hall–Kier alpha value is -2.62. The molecule has 0 bridgehead atoms. The van der Waals surface area contributed by atoms with Crippen molar-refractivity contribution in [2.24, 2.45) is 0 Å². The maximum atomic E-state index is 13.7. The lowest BCUT2D eigenvalue weighted by atomic mass is 10.1. The van der Waals surface area contributed by atoms with E-state index in [1.807, 2.05) is 30.3 Å². The number of nitrogens with zero attached hydrogens (tertiary/aromatic N) is 1. The SMILES string of the molecule is COc1ccccc1CCOc1ccnc2c(F)cccc12. The summed E-state index contributed by atoms with van der Waals surface area (Å²) < 4.78 is 24.9. The Labute approximate surface area is 128 Å². The summed E-state index contributed by atoms with van der Waals surface area (Å²) in [6.07, 6.45) is 2.27. The van der Waals surface area contributed by atoms with E-state index >= 15 is 0 Å². The second-order valence-electron chi connectivity index (χ2n) is 4.86. The van der Waals surface area contributed by atoms with E-state index in [4.69, 9.17) is 9.47 Å². The third-order valence-corrected chi connectivity index (χ3v) is 3.50. The van der Waals surface area contributed by atoms with Crippen LogP contribution in [-0.4, -0.2) is 18.7 Å². The Kier molecular flexibility index (Phi) is 4.19. The Morgan fingerprint density at radius 1 is 1.00 bits per heavy atom. The summed E-state index contributed by atoms with van der Waals surface area (Å²) in [4.78, 5) is 4.06. The van der Waals surface area contributed by atoms with Crippen molar-refractivity contribution in [2.75, 3.05) is 13.7 Å². The van der Waals surface area contributed by atoms with Crippen LogP contribution >= 0.6 is 0 Å². The van der Waals surface area contributed by atoms with Crippen molar-refractivity contribution >= 4 is 10.9 Å². The average Bonchev–Trinajstić information content (AvgIpc) is 2.56. The van der Waals surface area contributed by atoms with Crippen LogP contribution in [0.15, 0.2) is 54.7 Å². The molecular formula is C18H16FNO2. The molecule has 0 aliphatic rings. The molecule has 3 aromatic rings. The maximum Gasteiger partial charge on any atom is 0.149 e. The van der Waals surface area contributed by atoms with Gasteiger partial charge in [0.2, 0.25) is 0 Å². The lowest BCUT2D eigenvalue weighted by molar-refractivity contribution is 0.321. The van der Waals surface area contributed by atoms with E-state index in [1.54, 1.807) is 25.4 Å². The van der Waals surface area contributed by atoms with Gasteiger partial charge in [-0.2, -0.15) is 0 Å². The number of benzene rings is 2. The molecule has 0 aliphatic heterocycles. The maximum absolute atomic E-state index is 13.7. The van der Waals surface area contributed by atoms with Gasteiger partial charge in [0.15, 0.2) is 0 Å². The zero-order valence-corrected chi connectivity index (χ0v) is 12.3. The standard InChI is InChI=1S/C18H16FNO2/c1-21-16-8-3-2-5-13(16)10-12-22-17-9-11-20-18-14(17)6-4-7-15(18)19/h2-9,11H,10,12H2,1H3. The monoisotopic (exact) mass is 297 g/mol. The van der Waals surface area contributed by atoms with Gasteiger partial charge in [-0.3, -0.25) is 4.98 Å². The smallest absolute Gasteiger partial charge is 0.149 e. The van der Waals surface area contributed by atoms with Gasteiger partial charge in [0, 0.05) is 18.0 Å². The third-order valence-electron chi connectivity index (χ3n) is 3.50. The molecule has 0 fully saturated rings. The fraction of sp³-hybridized carbons (Fsp3) is 0.167. The molecule has 2 aromatic carbocycles. The van der Waals surface area contributed by atoms with Crippen LogP contribution in [0.3, 0.4) is 0 Å². The van der Waals surface area contributed by atoms with Crippen molar-refractivity contribution in [3.63, 3.8) is 0 Å². The molecule has 0 saturated carbocycles. The molecule has 0 saturated heterocycles. The van der Waals surface area contributed by atoms with Gasteiger partial charge in [-0.1, -0.05) is 24.3 Å². The predicted molar refractivity (Wildman–Crippen MR) is 83.9 cm³/mol. The minimum Gasteiger partial charge on any atom is -0.496 e. The van der Waals surface area contributed by atoms with Gasteiger partial charge >= 0.3 is 0 Å². The van der Waals surface area contributed by atoms with E-state index in [1.165, 1.54) is 6.07 Å². The van der Waals surface area contributed by atoms with E-state index in [2.05, 4.69) is 4.98 Å². The van der Waals surface area contributed by atoms with Crippen LogP contribution in [0.25, 0.3) is 10.9 Å². The normalized spacial score (nSPS) is 10.6. The van der Waals surface area contributed by atoms with Crippen molar-refractivity contribution in [1.29, 1.82) is 0 Å². The molecule has 1 heterocycles. The molecule has 0 amide bonds. The van der Waals surface area contributed by atoms with Crippen molar-refractivity contribution in [3.05, 3.63) is 66.1 Å². The minimum atomic E-state index is -0.340. The lowest BCUT2D eigenvalue weighted by Gasteiger charge is -2.11. The molecule has 22 heavy (non-hydrogen) atoms. The van der Waals surface area contributed by atoms with Gasteiger partial charge in [-0.05, 0) is 29.8 Å². The average molecular weight is 297 g/mol. The lowest BCUT2D eigenvalue weighted by Crippen LogP contribution is -2.03. The highest BCUT2D eigenvalue weighted by Crippen LogP contribution is 2.26. The number of hydrogen-bond acceptors (Lipinski definition) is 3. The number of rotatable bonds is 5. The zero-order chi connectivity index (χ0) is 15.4. The van der Waals surface area contributed by atoms with Gasteiger partial charge in [-0.25, -0.2) is 4.39 Å². The van der Waals surface area contributed by atoms with E-state index in [9.17, 15) is 4.39 Å². The number of aromatic nitrogens is 1. The van der Waals surface area contributed by atoms with Crippen LogP contribution in [0.4, 0.5) is 4.39 Å². The molecule has 0 aliphatic carbocycles. The second-order valence-corrected chi connectivity index (χ2v) is 4.86.